The summed E-state index contributed by atoms with van der Waals surface area (Å²) in [6, 6.07) is 22.0. The highest BCUT2D eigenvalue weighted by Crippen LogP contribution is 2.22. The summed E-state index contributed by atoms with van der Waals surface area (Å²) in [6.07, 6.45) is 0.356. The smallest absolute Gasteiger partial charge is 0.251 e. The van der Waals surface area contributed by atoms with Crippen LogP contribution in [0.3, 0.4) is 0 Å². The second-order valence-corrected chi connectivity index (χ2v) is 13.3. The molecule has 3 aromatic carbocycles. The van der Waals surface area contributed by atoms with Crippen LogP contribution in [0, 0.1) is 13.8 Å². The Labute approximate surface area is 270 Å². The van der Waals surface area contributed by atoms with Crippen molar-refractivity contribution in [3.63, 3.8) is 0 Å². The number of anilines is 1. The van der Waals surface area contributed by atoms with Crippen LogP contribution in [0.1, 0.15) is 62.2 Å². The van der Waals surface area contributed by atoms with E-state index in [9.17, 15) is 23.1 Å². The maximum absolute atomic E-state index is 13.8. The van der Waals surface area contributed by atoms with Gasteiger partial charge in [0.1, 0.15) is 5.76 Å². The second kappa shape index (κ2) is 15.2. The maximum Gasteiger partial charge on any atom is 0.251 e. The molecule has 244 valence electrons. The lowest BCUT2D eigenvalue weighted by Crippen LogP contribution is -2.48. The summed E-state index contributed by atoms with van der Waals surface area (Å²) < 4.78 is 31.3. The first kappa shape index (κ1) is 34.4. The normalized spacial score (nSPS) is 13.4. The van der Waals surface area contributed by atoms with Crippen LogP contribution in [0.4, 0.5) is 5.69 Å². The molecule has 46 heavy (non-hydrogen) atoms. The van der Waals surface area contributed by atoms with Gasteiger partial charge in [-0.15, -0.1) is 0 Å². The quantitative estimate of drug-likeness (QED) is 0.162. The summed E-state index contributed by atoms with van der Waals surface area (Å²) in [7, 11) is -2.36. The molecule has 4 aromatic rings. The van der Waals surface area contributed by atoms with Gasteiger partial charge in [-0.3, -0.25) is 13.9 Å². The van der Waals surface area contributed by atoms with E-state index < -0.39 is 34.0 Å². The van der Waals surface area contributed by atoms with Crippen molar-refractivity contribution in [3.05, 3.63) is 118 Å². The Balaban J connectivity index is 1.58. The van der Waals surface area contributed by atoms with Crippen LogP contribution in [-0.4, -0.2) is 62.3 Å². The third kappa shape index (κ3) is 9.25. The maximum atomic E-state index is 13.8. The molecule has 0 aliphatic heterocycles. The highest BCUT2D eigenvalue weighted by Gasteiger charge is 2.25. The molecule has 0 bridgehead atoms. The summed E-state index contributed by atoms with van der Waals surface area (Å²) in [6.45, 7) is 5.93. The number of nitrogens with one attached hydrogen (secondary N) is 3. The van der Waals surface area contributed by atoms with Gasteiger partial charge < -0.3 is 25.5 Å². The molecule has 0 aliphatic rings. The van der Waals surface area contributed by atoms with E-state index in [0.29, 0.717) is 24.6 Å². The Hall–Kier alpha value is -4.52. The molecule has 3 unspecified atom stereocenters. The molecule has 4 N–H and O–H groups in total. The van der Waals surface area contributed by atoms with Gasteiger partial charge in [-0.05, 0) is 49.6 Å². The van der Waals surface area contributed by atoms with Gasteiger partial charge in [0.2, 0.25) is 10.0 Å². The highest BCUT2D eigenvalue weighted by atomic mass is 32.2. The van der Waals surface area contributed by atoms with Gasteiger partial charge in [0.15, 0.2) is 5.89 Å². The molecule has 0 aliphatic carbocycles. The van der Waals surface area contributed by atoms with Gasteiger partial charge in [0, 0.05) is 38.2 Å². The number of oxazole rings is 1. The van der Waals surface area contributed by atoms with Crippen LogP contribution < -0.4 is 20.3 Å². The lowest BCUT2D eigenvalue weighted by Gasteiger charge is -2.25. The van der Waals surface area contributed by atoms with Gasteiger partial charge in [0.25, 0.3) is 11.8 Å². The molecule has 1 heterocycles. The predicted octanol–water partition coefficient (Wildman–Crippen LogP) is 3.67. The van der Waals surface area contributed by atoms with Crippen LogP contribution in [0.25, 0.3) is 0 Å². The van der Waals surface area contributed by atoms with E-state index in [4.69, 9.17) is 4.42 Å². The number of aryl methyl sites for hydroxylation is 2. The van der Waals surface area contributed by atoms with Gasteiger partial charge >= 0.3 is 0 Å². The van der Waals surface area contributed by atoms with E-state index in [-0.39, 0.29) is 29.4 Å². The molecule has 0 radical (unpaired) electrons. The molecule has 0 fully saturated rings. The van der Waals surface area contributed by atoms with E-state index >= 15 is 0 Å². The van der Waals surface area contributed by atoms with Crippen molar-refractivity contribution in [1.29, 1.82) is 0 Å². The number of carbonyl (C=O) groups excluding carboxylic acids is 2. The number of amides is 2. The summed E-state index contributed by atoms with van der Waals surface area (Å²) in [4.78, 5) is 31.5. The zero-order chi connectivity index (χ0) is 33.4. The molecule has 4 rings (SSSR count). The van der Waals surface area contributed by atoms with Crippen LogP contribution in [0.2, 0.25) is 0 Å². The van der Waals surface area contributed by atoms with Crippen molar-refractivity contribution in [1.82, 2.24) is 20.9 Å². The lowest BCUT2D eigenvalue weighted by atomic mass is 10.00. The first-order valence-corrected chi connectivity index (χ1v) is 16.8. The van der Waals surface area contributed by atoms with Gasteiger partial charge in [0.05, 0.1) is 35.8 Å². The SMILES string of the molecule is Cc1nc(CNCC(O)C(Cc2ccccc2)NC(=O)c2cc(C(=O)NC(C)c3ccccc3)cc(N(C)S(C)(=O)=O)c2)c(C)o1. The number of aliphatic hydroxyl groups excluding tert-OH is 1. The highest BCUT2D eigenvalue weighted by molar-refractivity contribution is 7.92. The Morgan fingerprint density at radius 3 is 2.09 bits per heavy atom. The Kier molecular flexibility index (Phi) is 11.3. The number of benzene rings is 3. The fourth-order valence-corrected chi connectivity index (χ4v) is 5.46. The standard InChI is InChI=1S/C34H41N5O6S/c1-22(26-14-10-7-11-15-26)36-33(41)27-17-28(19-29(18-27)39(4)46(5,43)44)34(42)38-30(16-25-12-8-6-9-13-25)32(40)21-35-20-31-23(2)45-24(3)37-31/h6-15,17-19,22,30,32,35,40H,16,20-21H2,1-5H3,(H,36,41)(H,38,42). The first-order valence-electron chi connectivity index (χ1n) is 14.9. The van der Waals surface area contributed by atoms with Gasteiger partial charge in [-0.1, -0.05) is 60.7 Å². The number of aromatic nitrogens is 1. The van der Waals surface area contributed by atoms with E-state index in [1.807, 2.05) is 74.5 Å². The van der Waals surface area contributed by atoms with E-state index in [0.717, 1.165) is 27.4 Å². The minimum Gasteiger partial charge on any atom is -0.446 e. The first-order chi connectivity index (χ1) is 21.8. The average Bonchev–Trinajstić information content (AvgIpc) is 3.36. The van der Waals surface area contributed by atoms with E-state index in [2.05, 4.69) is 20.9 Å². The molecule has 11 nitrogen and oxygen atoms in total. The van der Waals surface area contributed by atoms with Crippen LogP contribution >= 0.6 is 0 Å². The zero-order valence-electron chi connectivity index (χ0n) is 26.7. The van der Waals surface area contributed by atoms with Crippen molar-refractivity contribution in [3.8, 4) is 0 Å². The average molecular weight is 648 g/mol. The van der Waals surface area contributed by atoms with Crippen molar-refractivity contribution in [2.75, 3.05) is 24.2 Å². The van der Waals surface area contributed by atoms with Crippen LogP contribution in [-0.2, 0) is 23.0 Å². The minimum absolute atomic E-state index is 0.0671. The monoisotopic (exact) mass is 647 g/mol. The number of carbonyl (C=O) groups is 2. The third-order valence-corrected chi connectivity index (χ3v) is 8.88. The van der Waals surface area contributed by atoms with Crippen LogP contribution in [0.5, 0.6) is 0 Å². The third-order valence-electron chi connectivity index (χ3n) is 7.68. The molecule has 0 spiro atoms. The summed E-state index contributed by atoms with van der Waals surface area (Å²) in [5.74, 6) is 0.190. The number of hydrogen-bond donors (Lipinski definition) is 4. The van der Waals surface area contributed by atoms with Crippen molar-refractivity contribution in [2.45, 2.75) is 51.9 Å². The number of sulfonamides is 1. The summed E-state index contributed by atoms with van der Waals surface area (Å²) in [5.41, 5.74) is 2.84. The lowest BCUT2D eigenvalue weighted by molar-refractivity contribution is 0.0829. The minimum atomic E-state index is -3.71. The topological polar surface area (TPSA) is 154 Å². The van der Waals surface area contributed by atoms with Crippen LogP contribution in [0.15, 0.2) is 83.3 Å². The second-order valence-electron chi connectivity index (χ2n) is 11.3. The Morgan fingerprint density at radius 1 is 0.935 bits per heavy atom. The molecule has 1 aromatic heterocycles. The van der Waals surface area contributed by atoms with Crippen molar-refractivity contribution in [2.24, 2.45) is 0 Å². The fraction of sp³-hybridized carbons (Fsp3) is 0.324. The predicted molar refractivity (Wildman–Crippen MR) is 177 cm³/mol. The zero-order valence-corrected chi connectivity index (χ0v) is 27.5. The Bertz CT molecular complexity index is 1740. The Morgan fingerprint density at radius 2 is 1.52 bits per heavy atom. The van der Waals surface area contributed by atoms with Gasteiger partial charge in [-0.2, -0.15) is 0 Å². The molecule has 0 saturated carbocycles. The molecular formula is C34H41N5O6S. The molecule has 2 amide bonds. The fourth-order valence-electron chi connectivity index (χ4n) is 4.97. The molecule has 0 saturated heterocycles. The molecular weight excluding hydrogens is 606 g/mol. The summed E-state index contributed by atoms with van der Waals surface area (Å²) in [5, 5.41) is 20.3. The molecule has 12 heteroatoms. The van der Waals surface area contributed by atoms with E-state index in [1.165, 1.54) is 25.2 Å². The number of aliphatic hydroxyl groups is 1. The van der Waals surface area contributed by atoms with E-state index in [1.54, 1.807) is 6.92 Å². The largest absolute Gasteiger partial charge is 0.446 e. The van der Waals surface area contributed by atoms with Gasteiger partial charge in [-0.25, -0.2) is 13.4 Å². The number of rotatable bonds is 14. The molecule has 3 atom stereocenters. The number of hydrogen-bond acceptors (Lipinski definition) is 8. The van der Waals surface area contributed by atoms with Crippen molar-refractivity contribution >= 4 is 27.5 Å². The summed E-state index contributed by atoms with van der Waals surface area (Å²) >= 11 is 0. The van der Waals surface area contributed by atoms with Crippen molar-refractivity contribution < 1.29 is 27.5 Å². The number of nitrogens with zero attached hydrogens (tertiary/aromatic N) is 2.